The quantitative estimate of drug-likeness (QED) is 0.523. The van der Waals surface area contributed by atoms with E-state index < -0.39 is 35.8 Å². The van der Waals surface area contributed by atoms with Crippen LogP contribution in [0.25, 0.3) is 0 Å². The van der Waals surface area contributed by atoms with E-state index in [0.29, 0.717) is 12.3 Å². The van der Waals surface area contributed by atoms with Gasteiger partial charge in [0.25, 0.3) is 0 Å². The Bertz CT molecular complexity index is 604. The van der Waals surface area contributed by atoms with Gasteiger partial charge in [-0.25, -0.2) is 4.79 Å². The highest BCUT2D eigenvalue weighted by Crippen LogP contribution is 2.25. The molecule has 0 aromatic rings. The van der Waals surface area contributed by atoms with Gasteiger partial charge in [-0.15, -0.1) is 0 Å². The van der Waals surface area contributed by atoms with Crippen LogP contribution in [-0.4, -0.2) is 49.7 Å². The molecule has 8 heteroatoms. The molecular formula is C17H24O8. The second-order valence-corrected chi connectivity index (χ2v) is 6.15. The molecule has 0 saturated carbocycles. The fraction of sp³-hybridized carbons (Fsp3) is 0.529. The molecule has 0 bridgehead atoms. The molecule has 4 N–H and O–H groups in total. The van der Waals surface area contributed by atoms with Crippen molar-refractivity contribution in [2.24, 2.45) is 11.8 Å². The van der Waals surface area contributed by atoms with Gasteiger partial charge in [0, 0.05) is 6.42 Å². The van der Waals surface area contributed by atoms with E-state index in [1.165, 1.54) is 0 Å². The molecule has 0 heterocycles. The third-order valence-corrected chi connectivity index (χ3v) is 4.15. The fourth-order valence-electron chi connectivity index (χ4n) is 2.13. The molecule has 1 rings (SSSR count). The summed E-state index contributed by atoms with van der Waals surface area (Å²) in [5, 5.41) is 34.6. The van der Waals surface area contributed by atoms with E-state index in [4.69, 9.17) is 15.3 Å². The zero-order valence-corrected chi connectivity index (χ0v) is 14.5. The van der Waals surface area contributed by atoms with Gasteiger partial charge in [0.05, 0.1) is 12.3 Å². The number of hydrogen-bond donors (Lipinski definition) is 4. The van der Waals surface area contributed by atoms with E-state index in [9.17, 15) is 24.3 Å². The monoisotopic (exact) mass is 356 g/mol. The van der Waals surface area contributed by atoms with Crippen LogP contribution in [0, 0.1) is 11.8 Å². The van der Waals surface area contributed by atoms with E-state index >= 15 is 0 Å². The molecule has 25 heavy (non-hydrogen) atoms. The zero-order valence-electron chi connectivity index (χ0n) is 14.5. The first-order valence-corrected chi connectivity index (χ1v) is 7.58. The van der Waals surface area contributed by atoms with E-state index in [1.807, 2.05) is 19.9 Å². The van der Waals surface area contributed by atoms with Gasteiger partial charge in [-0.1, -0.05) is 18.2 Å². The van der Waals surface area contributed by atoms with E-state index in [1.54, 1.807) is 0 Å². The van der Waals surface area contributed by atoms with Crippen molar-refractivity contribution in [2.75, 3.05) is 0 Å². The zero-order chi connectivity index (χ0) is 19.9. The molecule has 0 amide bonds. The van der Waals surface area contributed by atoms with Crippen molar-refractivity contribution in [1.82, 2.24) is 0 Å². The summed E-state index contributed by atoms with van der Waals surface area (Å²) in [6.07, 6.45) is 2.52. The number of carboxylic acids is 3. The van der Waals surface area contributed by atoms with Gasteiger partial charge >= 0.3 is 17.9 Å². The number of aliphatic carboxylic acids is 3. The van der Waals surface area contributed by atoms with Gasteiger partial charge in [-0.2, -0.15) is 0 Å². The van der Waals surface area contributed by atoms with Crippen LogP contribution in [0.5, 0.6) is 0 Å². The van der Waals surface area contributed by atoms with Crippen molar-refractivity contribution in [2.45, 2.75) is 45.6 Å². The number of hydrogen-bond acceptors (Lipinski definition) is 5. The summed E-state index contributed by atoms with van der Waals surface area (Å²) in [5.41, 5.74) is -0.734. The van der Waals surface area contributed by atoms with Crippen molar-refractivity contribution in [3.63, 3.8) is 0 Å². The van der Waals surface area contributed by atoms with E-state index in [2.05, 4.69) is 6.58 Å². The third-order valence-electron chi connectivity index (χ3n) is 4.15. The van der Waals surface area contributed by atoms with Crippen LogP contribution in [-0.2, 0) is 19.2 Å². The Morgan fingerprint density at radius 1 is 1.32 bits per heavy atom. The molecule has 0 fully saturated rings. The average molecular weight is 356 g/mol. The minimum atomic E-state index is -2.78. The number of carbonyl (C=O) groups is 4. The Morgan fingerprint density at radius 2 is 1.84 bits per heavy atom. The summed E-state index contributed by atoms with van der Waals surface area (Å²) in [6.45, 7) is 8.67. The number of carboxylic acid groups (broad SMARTS) is 3. The van der Waals surface area contributed by atoms with Crippen LogP contribution >= 0.6 is 0 Å². The number of aliphatic hydroxyl groups is 1. The van der Waals surface area contributed by atoms with Crippen molar-refractivity contribution in [3.8, 4) is 0 Å². The van der Waals surface area contributed by atoms with Gasteiger partial charge in [-0.3, -0.25) is 14.4 Å². The van der Waals surface area contributed by atoms with Gasteiger partial charge in [0.15, 0.2) is 11.4 Å². The number of rotatable bonds is 6. The maximum absolute atomic E-state index is 11.2. The number of ketones is 1. The highest BCUT2D eigenvalue weighted by atomic mass is 16.4. The summed E-state index contributed by atoms with van der Waals surface area (Å²) in [6, 6.07) is 0. The molecule has 0 radical (unpaired) electrons. The van der Waals surface area contributed by atoms with Crippen molar-refractivity contribution in [3.05, 3.63) is 23.8 Å². The lowest BCUT2D eigenvalue weighted by atomic mass is 9.85. The van der Waals surface area contributed by atoms with Crippen LogP contribution in [0.3, 0.4) is 0 Å². The Hall–Kier alpha value is -2.48. The fourth-order valence-corrected chi connectivity index (χ4v) is 2.13. The van der Waals surface area contributed by atoms with Gasteiger partial charge < -0.3 is 20.4 Å². The summed E-state index contributed by atoms with van der Waals surface area (Å²) in [4.78, 5) is 42.4. The Balaban J connectivity index is 0.000000472. The standard InChI is InChI=1S/C10H14O.C7H10O7/c1-7(2)9-5-4-8(3)10(11)6-9;1-3(5(10)11)7(14,6(12)13)2-4(8)9/h4,9H,1,5-6H2,2-3H3;3,14H,2H2,1H3,(H,8,9)(H,10,11)(H,12,13). The minimum absolute atomic E-state index is 0.282. The predicted octanol–water partition coefficient (Wildman–Crippen LogP) is 1.49. The summed E-state index contributed by atoms with van der Waals surface area (Å²) >= 11 is 0. The van der Waals surface area contributed by atoms with Crippen LogP contribution < -0.4 is 0 Å². The van der Waals surface area contributed by atoms with E-state index in [0.717, 1.165) is 24.5 Å². The molecule has 0 spiro atoms. The molecule has 0 aromatic carbocycles. The number of carbonyl (C=O) groups excluding carboxylic acids is 1. The Labute approximate surface area is 145 Å². The van der Waals surface area contributed by atoms with Crippen LogP contribution in [0.4, 0.5) is 0 Å². The first-order chi connectivity index (χ1) is 11.3. The predicted molar refractivity (Wildman–Crippen MR) is 87.9 cm³/mol. The van der Waals surface area contributed by atoms with Gasteiger partial charge in [0.2, 0.25) is 0 Å². The smallest absolute Gasteiger partial charge is 0.337 e. The largest absolute Gasteiger partial charge is 0.481 e. The minimum Gasteiger partial charge on any atom is -0.481 e. The van der Waals surface area contributed by atoms with Gasteiger partial charge in [0.1, 0.15) is 0 Å². The molecule has 140 valence electrons. The first kappa shape index (κ1) is 22.5. The summed E-state index contributed by atoms with van der Waals surface area (Å²) in [5.74, 6) is -6.04. The molecule has 0 aromatic heterocycles. The summed E-state index contributed by atoms with van der Waals surface area (Å²) in [7, 11) is 0. The highest BCUT2D eigenvalue weighted by Gasteiger charge is 2.47. The lowest BCUT2D eigenvalue weighted by Crippen LogP contribution is -2.49. The lowest BCUT2D eigenvalue weighted by Gasteiger charge is -2.25. The topological polar surface area (TPSA) is 149 Å². The average Bonchev–Trinajstić information content (AvgIpc) is 2.48. The third kappa shape index (κ3) is 6.50. The number of allylic oxidation sites excluding steroid dienone is 3. The first-order valence-electron chi connectivity index (χ1n) is 7.58. The maximum Gasteiger partial charge on any atom is 0.337 e. The van der Waals surface area contributed by atoms with Crippen LogP contribution in [0.1, 0.15) is 40.0 Å². The molecule has 3 atom stereocenters. The number of Topliss-reactive ketones (excluding diaryl/α,β-unsaturated/α-hetero) is 1. The molecule has 3 unspecified atom stereocenters. The second-order valence-electron chi connectivity index (χ2n) is 6.15. The molecule has 0 aliphatic heterocycles. The SMILES string of the molecule is C=C(C)C1CC=C(C)C(=O)C1.CC(C(=O)O)C(O)(CC(=O)O)C(=O)O. The highest BCUT2D eigenvalue weighted by molar-refractivity contribution is 5.95. The summed E-state index contributed by atoms with van der Waals surface area (Å²) < 4.78 is 0. The second kappa shape index (κ2) is 9.12. The normalized spacial score (nSPS) is 20.2. The molecule has 8 nitrogen and oxygen atoms in total. The van der Waals surface area contributed by atoms with Gasteiger partial charge in [-0.05, 0) is 38.7 Å². The lowest BCUT2D eigenvalue weighted by molar-refractivity contribution is -0.177. The molecular weight excluding hydrogens is 332 g/mol. The molecule has 1 aliphatic carbocycles. The Morgan fingerprint density at radius 3 is 2.16 bits per heavy atom. The van der Waals surface area contributed by atoms with Crippen molar-refractivity contribution in [1.29, 1.82) is 0 Å². The van der Waals surface area contributed by atoms with Crippen molar-refractivity contribution < 1.29 is 39.6 Å². The Kier molecular flexibility index (Phi) is 8.22. The van der Waals surface area contributed by atoms with E-state index in [-0.39, 0.29) is 5.78 Å². The van der Waals surface area contributed by atoms with Crippen LogP contribution in [0.2, 0.25) is 0 Å². The maximum atomic E-state index is 11.2. The van der Waals surface area contributed by atoms with Crippen molar-refractivity contribution >= 4 is 23.7 Å². The molecule has 0 saturated heterocycles. The molecule has 1 aliphatic rings. The van der Waals surface area contributed by atoms with Crippen LogP contribution in [0.15, 0.2) is 23.8 Å².